The van der Waals surface area contributed by atoms with Gasteiger partial charge < -0.3 is 5.32 Å². The van der Waals surface area contributed by atoms with Crippen LogP contribution < -0.4 is 10.2 Å². The number of benzene rings is 2. The Balaban J connectivity index is 2.32. The first-order chi connectivity index (χ1) is 10.4. The highest BCUT2D eigenvalue weighted by Crippen LogP contribution is 2.24. The van der Waals surface area contributed by atoms with Crippen molar-refractivity contribution >= 4 is 23.3 Å². The maximum absolute atomic E-state index is 12.7. The second-order valence-electron chi connectivity index (χ2n) is 4.27. The number of nitrogens with zero attached hydrogens (tertiary/aromatic N) is 1. The topological polar surface area (TPSA) is 49.4 Å². The normalized spacial score (nSPS) is 10.9. The van der Waals surface area contributed by atoms with Crippen LogP contribution in [0.5, 0.6) is 0 Å². The summed E-state index contributed by atoms with van der Waals surface area (Å²) in [4.78, 5) is 23.7. The summed E-state index contributed by atoms with van der Waals surface area (Å²) >= 11 is 0. The van der Waals surface area contributed by atoms with Crippen LogP contribution in [-0.2, 0) is 4.79 Å². The first-order valence-corrected chi connectivity index (χ1v) is 6.22. The third-order valence-corrected chi connectivity index (χ3v) is 2.69. The molecule has 114 valence electrons. The molecule has 0 fully saturated rings. The van der Waals surface area contributed by atoms with Crippen molar-refractivity contribution in [2.24, 2.45) is 0 Å². The van der Waals surface area contributed by atoms with Gasteiger partial charge in [-0.05, 0) is 24.3 Å². The van der Waals surface area contributed by atoms with Gasteiger partial charge in [0, 0.05) is 5.69 Å². The van der Waals surface area contributed by atoms with Gasteiger partial charge in [0.2, 0.25) is 0 Å². The van der Waals surface area contributed by atoms with Crippen LogP contribution >= 0.6 is 0 Å². The van der Waals surface area contributed by atoms with Crippen LogP contribution in [0.3, 0.4) is 0 Å². The van der Waals surface area contributed by atoms with E-state index in [0.29, 0.717) is 0 Å². The molecule has 0 unspecified atom stereocenters. The van der Waals surface area contributed by atoms with Gasteiger partial charge in [-0.2, -0.15) is 13.2 Å². The number of imide groups is 1. The summed E-state index contributed by atoms with van der Waals surface area (Å²) in [6.07, 6.45) is -5.16. The molecule has 0 saturated heterocycles. The van der Waals surface area contributed by atoms with E-state index in [2.05, 4.69) is 5.32 Å². The minimum absolute atomic E-state index is 0.0625. The number of carbonyl (C=O) groups is 2. The van der Waals surface area contributed by atoms with Crippen LogP contribution in [0, 0.1) is 0 Å². The summed E-state index contributed by atoms with van der Waals surface area (Å²) in [5, 5.41) is 2.26. The zero-order chi connectivity index (χ0) is 16.2. The monoisotopic (exact) mass is 308 g/mol. The second kappa shape index (κ2) is 6.30. The number of nitrogens with one attached hydrogen (secondary N) is 1. The van der Waals surface area contributed by atoms with E-state index in [1.54, 1.807) is 24.3 Å². The number of urea groups is 1. The molecule has 2 aromatic carbocycles. The van der Waals surface area contributed by atoms with E-state index in [-0.39, 0.29) is 16.3 Å². The molecule has 3 amide bonds. The number of anilines is 2. The van der Waals surface area contributed by atoms with Gasteiger partial charge in [0.15, 0.2) is 0 Å². The molecule has 22 heavy (non-hydrogen) atoms. The number of hydrogen-bond donors (Lipinski definition) is 1. The molecule has 0 aliphatic carbocycles. The molecular weight excluding hydrogens is 297 g/mol. The first kappa shape index (κ1) is 15.6. The van der Waals surface area contributed by atoms with Crippen molar-refractivity contribution < 1.29 is 22.8 Å². The van der Waals surface area contributed by atoms with Crippen molar-refractivity contribution in [1.29, 1.82) is 0 Å². The molecule has 0 aliphatic heterocycles. The van der Waals surface area contributed by atoms with E-state index in [1.165, 1.54) is 36.4 Å². The molecule has 2 rings (SSSR count). The van der Waals surface area contributed by atoms with Crippen LogP contribution in [0.4, 0.5) is 29.3 Å². The van der Waals surface area contributed by atoms with Gasteiger partial charge in [-0.15, -0.1) is 0 Å². The van der Waals surface area contributed by atoms with Gasteiger partial charge in [0.1, 0.15) is 0 Å². The predicted octanol–water partition coefficient (Wildman–Crippen LogP) is 3.81. The third-order valence-electron chi connectivity index (χ3n) is 2.69. The van der Waals surface area contributed by atoms with Gasteiger partial charge in [-0.25, -0.2) is 9.69 Å². The molecule has 4 nitrogen and oxygen atoms in total. The van der Waals surface area contributed by atoms with E-state index in [0.717, 1.165) is 0 Å². The number of alkyl halides is 3. The van der Waals surface area contributed by atoms with Crippen LogP contribution in [-0.4, -0.2) is 18.1 Å². The van der Waals surface area contributed by atoms with Crippen molar-refractivity contribution in [3.63, 3.8) is 0 Å². The fourth-order valence-electron chi connectivity index (χ4n) is 1.73. The molecule has 0 radical (unpaired) electrons. The molecule has 0 aromatic heterocycles. The van der Waals surface area contributed by atoms with E-state index < -0.39 is 18.1 Å². The summed E-state index contributed by atoms with van der Waals surface area (Å²) in [7, 11) is 0. The average Bonchev–Trinajstić information content (AvgIpc) is 2.48. The minimum Gasteiger partial charge on any atom is -0.307 e. The molecule has 0 heterocycles. The van der Waals surface area contributed by atoms with Gasteiger partial charge in [0.05, 0.1) is 5.69 Å². The lowest BCUT2D eigenvalue weighted by Gasteiger charge is -2.22. The van der Waals surface area contributed by atoms with Crippen LogP contribution in [0.1, 0.15) is 0 Å². The van der Waals surface area contributed by atoms with Crippen LogP contribution in [0.2, 0.25) is 0 Å². The zero-order valence-corrected chi connectivity index (χ0v) is 11.2. The average molecular weight is 308 g/mol. The van der Waals surface area contributed by atoms with Crippen molar-refractivity contribution in [1.82, 2.24) is 0 Å². The lowest BCUT2D eigenvalue weighted by molar-refractivity contribution is -0.169. The third kappa shape index (κ3) is 3.63. The molecule has 2 aromatic rings. The zero-order valence-electron chi connectivity index (χ0n) is 11.2. The molecule has 0 bridgehead atoms. The molecule has 1 N–H and O–H groups in total. The van der Waals surface area contributed by atoms with Crippen molar-refractivity contribution in [2.45, 2.75) is 6.18 Å². The Bertz CT molecular complexity index is 657. The lowest BCUT2D eigenvalue weighted by atomic mass is 10.3. The van der Waals surface area contributed by atoms with E-state index in [1.807, 2.05) is 0 Å². The van der Waals surface area contributed by atoms with Gasteiger partial charge in [-0.1, -0.05) is 36.4 Å². The van der Waals surface area contributed by atoms with Crippen molar-refractivity contribution in [2.75, 3.05) is 10.2 Å². The smallest absolute Gasteiger partial charge is 0.307 e. The molecule has 7 heteroatoms. The maximum Gasteiger partial charge on any atom is 0.472 e. The van der Waals surface area contributed by atoms with Gasteiger partial charge >= 0.3 is 18.1 Å². The molecule has 0 spiro atoms. The Morgan fingerprint density at radius 3 is 1.86 bits per heavy atom. The Morgan fingerprint density at radius 1 is 0.864 bits per heavy atom. The minimum atomic E-state index is -5.16. The Hall–Kier alpha value is -2.83. The number of rotatable bonds is 2. The standard InChI is InChI=1S/C15H11F3N2O2/c16-15(17,18)13(21)20(12-9-5-2-6-10-12)14(22)19-11-7-3-1-4-8-11/h1-10H,(H,19,22). The van der Waals surface area contributed by atoms with Crippen LogP contribution in [0.25, 0.3) is 0 Å². The largest absolute Gasteiger partial charge is 0.472 e. The number of para-hydroxylation sites is 2. The fraction of sp³-hybridized carbons (Fsp3) is 0.0667. The summed E-state index contributed by atoms with van der Waals surface area (Å²) in [6, 6.07) is 13.6. The Labute approximate surface area is 124 Å². The Kier molecular flexibility index (Phi) is 4.45. The number of carbonyl (C=O) groups excluding carboxylic acids is 2. The maximum atomic E-state index is 12.7. The van der Waals surface area contributed by atoms with Gasteiger partial charge in [0.25, 0.3) is 0 Å². The highest BCUT2D eigenvalue weighted by atomic mass is 19.4. The summed E-state index contributed by atoms with van der Waals surface area (Å²) in [6.45, 7) is 0. The second-order valence-corrected chi connectivity index (χ2v) is 4.27. The van der Waals surface area contributed by atoms with Crippen molar-refractivity contribution in [3.8, 4) is 0 Å². The van der Waals surface area contributed by atoms with Crippen molar-refractivity contribution in [3.05, 3.63) is 60.7 Å². The first-order valence-electron chi connectivity index (χ1n) is 6.22. The van der Waals surface area contributed by atoms with E-state index in [9.17, 15) is 22.8 Å². The van der Waals surface area contributed by atoms with Crippen LogP contribution in [0.15, 0.2) is 60.7 Å². The summed E-state index contributed by atoms with van der Waals surface area (Å²) in [5.74, 6) is -2.26. The summed E-state index contributed by atoms with van der Waals surface area (Å²) in [5.41, 5.74) is 0.113. The quantitative estimate of drug-likeness (QED) is 0.917. The lowest BCUT2D eigenvalue weighted by Crippen LogP contribution is -2.47. The van der Waals surface area contributed by atoms with E-state index in [4.69, 9.17) is 0 Å². The number of hydrogen-bond acceptors (Lipinski definition) is 2. The number of halogens is 3. The van der Waals surface area contributed by atoms with Gasteiger partial charge in [-0.3, -0.25) is 4.79 Å². The Morgan fingerprint density at radius 2 is 1.36 bits per heavy atom. The molecule has 0 aliphatic rings. The highest BCUT2D eigenvalue weighted by Gasteiger charge is 2.45. The molecule has 0 saturated carbocycles. The summed E-state index contributed by atoms with van der Waals surface area (Å²) < 4.78 is 38.1. The molecular formula is C15H11F3N2O2. The highest BCUT2D eigenvalue weighted by molar-refractivity contribution is 6.19. The SMILES string of the molecule is O=C(Nc1ccccc1)N(C(=O)C(F)(F)F)c1ccccc1. The fourth-order valence-corrected chi connectivity index (χ4v) is 1.73. The molecule has 0 atom stereocenters. The van der Waals surface area contributed by atoms with E-state index >= 15 is 0 Å². The number of amides is 3. The predicted molar refractivity (Wildman–Crippen MR) is 75.4 cm³/mol.